The molecule has 0 radical (unpaired) electrons. The van der Waals surface area contributed by atoms with Crippen LogP contribution in [0.3, 0.4) is 0 Å². The molecule has 0 saturated carbocycles. The summed E-state index contributed by atoms with van der Waals surface area (Å²) in [5, 5.41) is 6.67. The van der Waals surface area contributed by atoms with Crippen LogP contribution in [0.5, 0.6) is 0 Å². The fraction of sp³-hybridized carbons (Fsp3) is 0.156. The van der Waals surface area contributed by atoms with Crippen molar-refractivity contribution in [2.45, 2.75) is 6.92 Å². The maximum Gasteiger partial charge on any atom is 0.254 e. The summed E-state index contributed by atoms with van der Waals surface area (Å²) in [6.07, 6.45) is 2.88. The van der Waals surface area contributed by atoms with Gasteiger partial charge < -0.3 is 19.5 Å². The van der Waals surface area contributed by atoms with E-state index < -0.39 is 5.91 Å². The van der Waals surface area contributed by atoms with Crippen molar-refractivity contribution in [1.29, 1.82) is 0 Å². The second-order valence-corrected chi connectivity index (χ2v) is 10.9. The van der Waals surface area contributed by atoms with E-state index in [4.69, 9.17) is 39.8 Å². The molecular formula is C32H28Cl2N4O3S. The van der Waals surface area contributed by atoms with Crippen LogP contribution in [-0.2, 0) is 4.79 Å². The van der Waals surface area contributed by atoms with Crippen molar-refractivity contribution in [2.75, 3.05) is 36.4 Å². The molecule has 1 fully saturated rings. The number of hydrogen-bond acceptors (Lipinski definition) is 5. The zero-order valence-corrected chi connectivity index (χ0v) is 25.1. The topological polar surface area (TPSA) is 77.8 Å². The second kappa shape index (κ2) is 13.2. The highest BCUT2D eigenvalue weighted by Crippen LogP contribution is 2.34. The smallest absolute Gasteiger partial charge is 0.254 e. The van der Waals surface area contributed by atoms with Gasteiger partial charge in [-0.2, -0.15) is 0 Å². The molecule has 1 aliphatic heterocycles. The van der Waals surface area contributed by atoms with E-state index in [1.807, 2.05) is 60.4 Å². The third-order valence-corrected chi connectivity index (χ3v) is 7.94. The number of piperazine rings is 1. The summed E-state index contributed by atoms with van der Waals surface area (Å²) in [6, 6.07) is 24.3. The Labute approximate surface area is 259 Å². The van der Waals surface area contributed by atoms with Crippen LogP contribution in [0.1, 0.15) is 21.7 Å². The molecule has 42 heavy (non-hydrogen) atoms. The van der Waals surface area contributed by atoms with Crippen LogP contribution in [0.25, 0.3) is 17.4 Å². The fourth-order valence-electron chi connectivity index (χ4n) is 4.66. The molecule has 5 rings (SSSR count). The van der Waals surface area contributed by atoms with Gasteiger partial charge in [-0.25, -0.2) is 0 Å². The molecule has 1 aromatic heterocycles. The molecule has 4 aromatic rings. The quantitative estimate of drug-likeness (QED) is 0.178. The van der Waals surface area contributed by atoms with Crippen LogP contribution in [0.2, 0.25) is 10.0 Å². The van der Waals surface area contributed by atoms with E-state index in [2.05, 4.69) is 15.5 Å². The lowest BCUT2D eigenvalue weighted by molar-refractivity contribution is -0.115. The van der Waals surface area contributed by atoms with Crippen LogP contribution in [0.4, 0.5) is 11.4 Å². The number of aryl methyl sites for hydroxylation is 1. The van der Waals surface area contributed by atoms with E-state index in [0.29, 0.717) is 40.2 Å². The van der Waals surface area contributed by atoms with Crippen LogP contribution in [0, 0.1) is 6.92 Å². The first-order valence-electron chi connectivity index (χ1n) is 13.3. The zero-order valence-electron chi connectivity index (χ0n) is 22.8. The maximum absolute atomic E-state index is 12.9. The molecule has 1 aliphatic rings. The number of carbonyl (C=O) groups excluding carboxylic acids is 2. The van der Waals surface area contributed by atoms with E-state index in [1.54, 1.807) is 36.4 Å². The number of nitrogens with zero attached hydrogens (tertiary/aromatic N) is 2. The maximum atomic E-state index is 12.9. The summed E-state index contributed by atoms with van der Waals surface area (Å²) in [6.45, 7) is 4.77. The zero-order chi connectivity index (χ0) is 29.6. The Hall–Kier alpha value is -4.11. The molecule has 3 aromatic carbocycles. The predicted octanol–water partition coefficient (Wildman–Crippen LogP) is 7.05. The molecule has 0 bridgehead atoms. The van der Waals surface area contributed by atoms with Gasteiger partial charge >= 0.3 is 0 Å². The standard InChI is InChI=1S/C32H28Cl2N4O3S/c1-21-5-2-3-6-25(21)31(40)38-19-17-37(18-20-38)23-11-9-22(10-12-23)35-32(42)36-29(39)16-14-24-13-15-28(41-24)26-7-4-8-27(33)30(26)34/h2-16H,17-20H2,1H3,(H2,35,36,39,42). The number of rotatable bonds is 6. The first kappa shape index (κ1) is 29.4. The van der Waals surface area contributed by atoms with E-state index in [0.717, 1.165) is 35.6 Å². The molecule has 1 saturated heterocycles. The van der Waals surface area contributed by atoms with Gasteiger partial charge in [0, 0.05) is 54.8 Å². The molecule has 0 aliphatic carbocycles. The Kier molecular flexibility index (Phi) is 9.27. The summed E-state index contributed by atoms with van der Waals surface area (Å²) in [5.41, 5.74) is 4.22. The molecule has 7 nitrogen and oxygen atoms in total. The minimum Gasteiger partial charge on any atom is -0.457 e. The molecule has 10 heteroatoms. The van der Waals surface area contributed by atoms with Crippen LogP contribution >= 0.6 is 35.4 Å². The van der Waals surface area contributed by atoms with Crippen LogP contribution in [0.15, 0.2) is 89.4 Å². The van der Waals surface area contributed by atoms with E-state index in [1.165, 1.54) is 6.08 Å². The molecule has 2 amide bonds. The Balaban J connectivity index is 1.09. The van der Waals surface area contributed by atoms with Gasteiger partial charge in [-0.05, 0) is 85.4 Å². The highest BCUT2D eigenvalue weighted by molar-refractivity contribution is 7.80. The number of furan rings is 1. The summed E-state index contributed by atoms with van der Waals surface area (Å²) in [7, 11) is 0. The predicted molar refractivity (Wildman–Crippen MR) is 173 cm³/mol. The SMILES string of the molecule is Cc1ccccc1C(=O)N1CCN(c2ccc(NC(=S)NC(=O)C=Cc3ccc(-c4cccc(Cl)c4Cl)o3)cc2)CC1. The molecule has 2 heterocycles. The normalized spacial score (nSPS) is 13.3. The molecule has 2 N–H and O–H groups in total. The Morgan fingerprint density at radius 3 is 2.38 bits per heavy atom. The third kappa shape index (κ3) is 7.02. The fourth-order valence-corrected chi connectivity index (χ4v) is 5.27. The monoisotopic (exact) mass is 618 g/mol. The highest BCUT2D eigenvalue weighted by Gasteiger charge is 2.23. The Morgan fingerprint density at radius 2 is 1.64 bits per heavy atom. The van der Waals surface area contributed by atoms with E-state index >= 15 is 0 Å². The highest BCUT2D eigenvalue weighted by atomic mass is 35.5. The summed E-state index contributed by atoms with van der Waals surface area (Å²) in [4.78, 5) is 29.5. The summed E-state index contributed by atoms with van der Waals surface area (Å²) < 4.78 is 5.78. The van der Waals surface area contributed by atoms with Gasteiger partial charge in [0.1, 0.15) is 11.5 Å². The minimum atomic E-state index is -0.402. The Bertz CT molecular complexity index is 1640. The number of anilines is 2. The third-order valence-electron chi connectivity index (χ3n) is 6.91. The average molecular weight is 620 g/mol. The van der Waals surface area contributed by atoms with Gasteiger partial charge in [0.15, 0.2) is 5.11 Å². The van der Waals surface area contributed by atoms with E-state index in [9.17, 15) is 9.59 Å². The summed E-state index contributed by atoms with van der Waals surface area (Å²) >= 11 is 17.7. The molecule has 214 valence electrons. The number of hydrogen-bond donors (Lipinski definition) is 2. The van der Waals surface area contributed by atoms with Gasteiger partial charge in [0.25, 0.3) is 5.91 Å². The second-order valence-electron chi connectivity index (χ2n) is 9.72. The van der Waals surface area contributed by atoms with Crippen LogP contribution < -0.4 is 15.5 Å². The first-order chi connectivity index (χ1) is 20.3. The number of thiocarbonyl (C=S) groups is 1. The molecule has 0 unspecified atom stereocenters. The van der Waals surface area contributed by atoms with Crippen molar-refractivity contribution in [3.63, 3.8) is 0 Å². The van der Waals surface area contributed by atoms with Gasteiger partial charge in [0.05, 0.1) is 10.0 Å². The number of amides is 2. The van der Waals surface area contributed by atoms with Crippen molar-refractivity contribution in [3.8, 4) is 11.3 Å². The van der Waals surface area contributed by atoms with Crippen LogP contribution in [-0.4, -0.2) is 48.0 Å². The molecule has 0 atom stereocenters. The minimum absolute atomic E-state index is 0.0778. The molecule has 0 spiro atoms. The Morgan fingerprint density at radius 1 is 0.905 bits per heavy atom. The van der Waals surface area contributed by atoms with E-state index in [-0.39, 0.29) is 11.0 Å². The van der Waals surface area contributed by atoms with Crippen molar-refractivity contribution >= 4 is 69.8 Å². The molecular weight excluding hydrogens is 591 g/mol. The van der Waals surface area contributed by atoms with Crippen molar-refractivity contribution in [2.24, 2.45) is 0 Å². The number of benzene rings is 3. The lowest BCUT2D eigenvalue weighted by atomic mass is 10.1. The van der Waals surface area contributed by atoms with Gasteiger partial charge in [-0.1, -0.05) is 47.5 Å². The van der Waals surface area contributed by atoms with Crippen molar-refractivity contribution < 1.29 is 14.0 Å². The van der Waals surface area contributed by atoms with Crippen molar-refractivity contribution in [3.05, 3.63) is 112 Å². The average Bonchev–Trinajstić information content (AvgIpc) is 3.47. The van der Waals surface area contributed by atoms with Gasteiger partial charge in [0.2, 0.25) is 5.91 Å². The lowest BCUT2D eigenvalue weighted by Gasteiger charge is -2.36. The lowest BCUT2D eigenvalue weighted by Crippen LogP contribution is -2.48. The number of nitrogens with one attached hydrogen (secondary N) is 2. The van der Waals surface area contributed by atoms with Gasteiger partial charge in [-0.3, -0.25) is 14.9 Å². The van der Waals surface area contributed by atoms with Gasteiger partial charge in [-0.15, -0.1) is 0 Å². The first-order valence-corrected chi connectivity index (χ1v) is 14.5. The number of carbonyl (C=O) groups is 2. The largest absolute Gasteiger partial charge is 0.457 e. The van der Waals surface area contributed by atoms with Crippen molar-refractivity contribution in [1.82, 2.24) is 10.2 Å². The summed E-state index contributed by atoms with van der Waals surface area (Å²) in [5.74, 6) is 0.696. The number of halogens is 2.